The smallest absolute Gasteiger partial charge is 0.330 e. The van der Waals surface area contributed by atoms with Crippen molar-refractivity contribution in [1.29, 1.82) is 0 Å². The maximum atomic E-state index is 11.8. The van der Waals surface area contributed by atoms with Crippen molar-refractivity contribution in [2.45, 2.75) is 13.8 Å². The van der Waals surface area contributed by atoms with Gasteiger partial charge in [-0.2, -0.15) is 0 Å². The van der Waals surface area contributed by atoms with Crippen LogP contribution in [0, 0.1) is 6.92 Å². The minimum Gasteiger partial charge on any atom is -0.463 e. The van der Waals surface area contributed by atoms with Crippen molar-refractivity contribution in [2.24, 2.45) is 0 Å². The van der Waals surface area contributed by atoms with Crippen LogP contribution >= 0.6 is 12.2 Å². The molecule has 0 aliphatic carbocycles. The molecule has 0 bridgehead atoms. The second-order valence-corrected chi connectivity index (χ2v) is 4.76. The van der Waals surface area contributed by atoms with Gasteiger partial charge < -0.3 is 4.74 Å². The predicted octanol–water partition coefficient (Wildman–Crippen LogP) is 0.750. The van der Waals surface area contributed by atoms with Gasteiger partial charge in [0.1, 0.15) is 0 Å². The summed E-state index contributed by atoms with van der Waals surface area (Å²) in [5.74, 6) is -1.65. The fourth-order valence-corrected chi connectivity index (χ4v) is 1.56. The van der Waals surface area contributed by atoms with Crippen LogP contribution in [-0.2, 0) is 14.3 Å². The lowest BCUT2D eigenvalue weighted by Crippen LogP contribution is -2.48. The molecule has 0 heterocycles. The molecule has 8 heteroatoms. The van der Waals surface area contributed by atoms with E-state index in [2.05, 4.69) is 20.9 Å². The summed E-state index contributed by atoms with van der Waals surface area (Å²) < 4.78 is 4.62. The van der Waals surface area contributed by atoms with Crippen molar-refractivity contribution in [1.82, 2.24) is 16.2 Å². The predicted molar refractivity (Wildman–Crippen MR) is 88.3 cm³/mol. The molecule has 0 radical (unpaired) electrons. The van der Waals surface area contributed by atoms with Gasteiger partial charge >= 0.3 is 5.97 Å². The number of esters is 1. The van der Waals surface area contributed by atoms with Crippen molar-refractivity contribution < 1.29 is 19.1 Å². The van der Waals surface area contributed by atoms with E-state index in [4.69, 9.17) is 12.2 Å². The number of nitrogens with one attached hydrogen (secondary N) is 3. The molecule has 0 aliphatic rings. The van der Waals surface area contributed by atoms with E-state index in [0.29, 0.717) is 5.56 Å². The van der Waals surface area contributed by atoms with Gasteiger partial charge in [0.15, 0.2) is 5.11 Å². The number of rotatable bonds is 4. The minimum atomic E-state index is -0.630. The number of amides is 2. The maximum absolute atomic E-state index is 11.8. The van der Waals surface area contributed by atoms with Crippen molar-refractivity contribution >= 4 is 35.1 Å². The molecular formula is C15H17N3O4S. The molecule has 7 nitrogen and oxygen atoms in total. The molecule has 0 unspecified atom stereocenters. The Morgan fingerprint density at radius 2 is 1.78 bits per heavy atom. The molecule has 0 aliphatic heterocycles. The third kappa shape index (κ3) is 7.18. The highest BCUT2D eigenvalue weighted by Gasteiger charge is 2.06. The van der Waals surface area contributed by atoms with E-state index in [1.54, 1.807) is 31.2 Å². The molecule has 0 spiro atoms. The normalized spacial score (nSPS) is 10.0. The lowest BCUT2D eigenvalue weighted by molar-refractivity contribution is -0.137. The average Bonchev–Trinajstić information content (AvgIpc) is 2.51. The van der Waals surface area contributed by atoms with E-state index in [-0.39, 0.29) is 11.7 Å². The van der Waals surface area contributed by atoms with E-state index < -0.39 is 17.8 Å². The molecule has 0 saturated carbocycles. The Morgan fingerprint density at radius 3 is 2.39 bits per heavy atom. The number of hydrazine groups is 1. The average molecular weight is 335 g/mol. The highest BCUT2D eigenvalue weighted by molar-refractivity contribution is 7.80. The van der Waals surface area contributed by atoms with Crippen molar-refractivity contribution in [3.05, 3.63) is 47.5 Å². The van der Waals surface area contributed by atoms with E-state index in [1.165, 1.54) is 0 Å². The van der Waals surface area contributed by atoms with E-state index in [0.717, 1.165) is 17.7 Å². The van der Waals surface area contributed by atoms with Gasteiger partial charge in [-0.05, 0) is 38.2 Å². The van der Waals surface area contributed by atoms with Crippen LogP contribution in [0.25, 0.3) is 0 Å². The van der Waals surface area contributed by atoms with Crippen molar-refractivity contribution in [3.8, 4) is 0 Å². The van der Waals surface area contributed by atoms with E-state index in [1.807, 2.05) is 6.92 Å². The van der Waals surface area contributed by atoms with Gasteiger partial charge in [0.05, 0.1) is 6.61 Å². The van der Waals surface area contributed by atoms with Gasteiger partial charge in [-0.25, -0.2) is 4.79 Å². The fourth-order valence-electron chi connectivity index (χ4n) is 1.41. The number of carbonyl (C=O) groups is 3. The summed E-state index contributed by atoms with van der Waals surface area (Å²) in [6, 6.07) is 6.93. The number of thiocarbonyl (C=S) groups is 1. The standard InChI is InChI=1S/C15H17N3O4S/c1-3-22-13(20)9-8-12(19)16-15(23)18-17-14(21)11-6-4-10(2)5-7-11/h4-9H,3H2,1-2H3,(H,17,21)(H2,16,18,19,23). The van der Waals surface area contributed by atoms with Crippen LogP contribution in [0.4, 0.5) is 0 Å². The highest BCUT2D eigenvalue weighted by Crippen LogP contribution is 2.02. The lowest BCUT2D eigenvalue weighted by Gasteiger charge is -2.09. The summed E-state index contributed by atoms with van der Waals surface area (Å²) in [6.45, 7) is 3.78. The highest BCUT2D eigenvalue weighted by atomic mass is 32.1. The summed E-state index contributed by atoms with van der Waals surface area (Å²) in [5.41, 5.74) is 6.21. The Bertz CT molecular complexity index is 626. The second-order valence-electron chi connectivity index (χ2n) is 4.35. The molecule has 1 aromatic carbocycles. The van der Waals surface area contributed by atoms with Crippen LogP contribution in [0.5, 0.6) is 0 Å². The third-order valence-corrected chi connectivity index (χ3v) is 2.70. The number of hydrogen-bond donors (Lipinski definition) is 3. The molecule has 3 N–H and O–H groups in total. The topological polar surface area (TPSA) is 96.5 Å². The monoisotopic (exact) mass is 335 g/mol. The van der Waals surface area contributed by atoms with Crippen molar-refractivity contribution in [3.63, 3.8) is 0 Å². The molecule has 0 aromatic heterocycles. The Balaban J connectivity index is 2.39. The van der Waals surface area contributed by atoms with Crippen molar-refractivity contribution in [2.75, 3.05) is 6.61 Å². The number of ether oxygens (including phenoxy) is 1. The summed E-state index contributed by atoms with van der Waals surface area (Å²) in [7, 11) is 0. The minimum absolute atomic E-state index is 0.107. The van der Waals surface area contributed by atoms with Crippen LogP contribution in [0.2, 0.25) is 0 Å². The molecule has 23 heavy (non-hydrogen) atoms. The maximum Gasteiger partial charge on any atom is 0.330 e. The zero-order valence-electron chi connectivity index (χ0n) is 12.7. The molecule has 0 atom stereocenters. The third-order valence-electron chi connectivity index (χ3n) is 2.50. The first kappa shape index (κ1) is 18.3. The summed E-state index contributed by atoms with van der Waals surface area (Å²) in [4.78, 5) is 34.3. The van der Waals surface area contributed by atoms with E-state index in [9.17, 15) is 14.4 Å². The molecular weight excluding hydrogens is 318 g/mol. The van der Waals surface area contributed by atoms with Gasteiger partial charge in [0, 0.05) is 17.7 Å². The summed E-state index contributed by atoms with van der Waals surface area (Å²) in [6.07, 6.45) is 1.96. The first-order valence-corrected chi connectivity index (χ1v) is 7.16. The second kappa shape index (κ2) is 9.31. The number of benzene rings is 1. The molecule has 1 aromatic rings. The Labute approximate surface area is 139 Å². The van der Waals surface area contributed by atoms with Gasteiger partial charge in [-0.15, -0.1) is 0 Å². The van der Waals surface area contributed by atoms with Crippen LogP contribution in [0.15, 0.2) is 36.4 Å². The summed E-state index contributed by atoms with van der Waals surface area (Å²) in [5, 5.41) is 2.16. The molecule has 0 saturated heterocycles. The zero-order chi connectivity index (χ0) is 17.2. The van der Waals surface area contributed by atoms with Crippen LogP contribution in [-0.4, -0.2) is 29.5 Å². The van der Waals surface area contributed by atoms with E-state index >= 15 is 0 Å². The Hall–Kier alpha value is -2.74. The van der Waals surface area contributed by atoms with Crippen LogP contribution in [0.3, 0.4) is 0 Å². The SMILES string of the molecule is CCOC(=O)C=CC(=O)NC(=S)NNC(=O)c1ccc(C)cc1. The first-order valence-electron chi connectivity index (χ1n) is 6.75. The molecule has 1 rings (SSSR count). The molecule has 122 valence electrons. The first-order chi connectivity index (χ1) is 10.9. The van der Waals surface area contributed by atoms with Gasteiger partial charge in [0.2, 0.25) is 5.91 Å². The molecule has 0 fully saturated rings. The lowest BCUT2D eigenvalue weighted by atomic mass is 10.1. The number of hydrogen-bond acceptors (Lipinski definition) is 5. The number of carbonyl (C=O) groups excluding carboxylic acids is 3. The molecule has 2 amide bonds. The van der Waals surface area contributed by atoms with Gasteiger partial charge in [-0.1, -0.05) is 17.7 Å². The summed E-state index contributed by atoms with van der Waals surface area (Å²) >= 11 is 4.84. The largest absolute Gasteiger partial charge is 0.463 e. The van der Waals surface area contributed by atoms with Crippen LogP contribution in [0.1, 0.15) is 22.8 Å². The van der Waals surface area contributed by atoms with Gasteiger partial charge in [0.25, 0.3) is 5.91 Å². The fraction of sp³-hybridized carbons (Fsp3) is 0.200. The zero-order valence-corrected chi connectivity index (χ0v) is 13.5. The number of aryl methyl sites for hydroxylation is 1. The van der Waals surface area contributed by atoms with Crippen LogP contribution < -0.4 is 16.2 Å². The quantitative estimate of drug-likeness (QED) is 0.325. The Kier molecular flexibility index (Phi) is 7.41. The Morgan fingerprint density at radius 1 is 1.13 bits per heavy atom. The van der Waals surface area contributed by atoms with Gasteiger partial charge in [-0.3, -0.25) is 25.8 Å².